The molecule has 0 amide bonds. The van der Waals surface area contributed by atoms with Crippen LogP contribution in [-0.2, 0) is 4.74 Å². The lowest BCUT2D eigenvalue weighted by molar-refractivity contribution is 0.0516. The van der Waals surface area contributed by atoms with E-state index >= 15 is 0 Å². The van der Waals surface area contributed by atoms with Crippen LogP contribution in [-0.4, -0.2) is 22.4 Å². The number of hydrogen-bond donors (Lipinski definition) is 0. The van der Waals surface area contributed by atoms with Crippen molar-refractivity contribution >= 4 is 21.9 Å². The molecule has 1 aromatic carbocycles. The quantitative estimate of drug-likeness (QED) is 0.783. The highest BCUT2D eigenvalue weighted by Crippen LogP contribution is 2.15. The molecule has 0 saturated carbocycles. The van der Waals surface area contributed by atoms with Gasteiger partial charge in [0.1, 0.15) is 11.6 Å². The van der Waals surface area contributed by atoms with E-state index in [1.54, 1.807) is 31.2 Å². The molecule has 0 aliphatic rings. The smallest absolute Gasteiger partial charge is 0.359 e. The molecule has 2 aromatic rings. The van der Waals surface area contributed by atoms with E-state index in [2.05, 4.69) is 21.0 Å². The lowest BCUT2D eigenvalue weighted by Gasteiger charge is -2.11. The molecule has 1 heterocycles. The Kier molecular flexibility index (Phi) is 4.73. The van der Waals surface area contributed by atoms with Crippen molar-refractivity contribution in [3.05, 3.63) is 55.9 Å². The molecule has 2 rings (SSSR count). The van der Waals surface area contributed by atoms with Gasteiger partial charge in [0.15, 0.2) is 5.69 Å². The number of ether oxygens (including phenoxy) is 1. The molecule has 6 nitrogen and oxygen atoms in total. The number of carbonyl (C=O) groups excluding carboxylic acids is 1. The lowest BCUT2D eigenvalue weighted by atomic mass is 10.1. The zero-order valence-corrected chi connectivity index (χ0v) is 13.5. The van der Waals surface area contributed by atoms with Gasteiger partial charge in [-0.15, -0.1) is 0 Å². The molecule has 7 heteroatoms. The lowest BCUT2D eigenvalue weighted by Crippen LogP contribution is -2.28. The normalized spacial score (nSPS) is 10.1. The number of hydrogen-bond acceptors (Lipinski definition) is 5. The topological polar surface area (TPSA) is 85.0 Å². The summed E-state index contributed by atoms with van der Waals surface area (Å²) in [4.78, 5) is 24.4. The SMILES string of the molecule is CCOC(=O)c1nn(-c2cccc(Br)c2)c(=O)c(C#N)c1C. The van der Waals surface area contributed by atoms with Crippen molar-refractivity contribution in [2.75, 3.05) is 6.61 Å². The third kappa shape index (κ3) is 2.92. The van der Waals surface area contributed by atoms with Gasteiger partial charge in [0.05, 0.1) is 12.3 Å². The van der Waals surface area contributed by atoms with E-state index in [4.69, 9.17) is 4.74 Å². The van der Waals surface area contributed by atoms with Gasteiger partial charge in [-0.3, -0.25) is 4.79 Å². The van der Waals surface area contributed by atoms with Crippen molar-refractivity contribution in [2.24, 2.45) is 0 Å². The summed E-state index contributed by atoms with van der Waals surface area (Å²) in [5, 5.41) is 13.3. The molecule has 0 radical (unpaired) electrons. The summed E-state index contributed by atoms with van der Waals surface area (Å²) < 4.78 is 6.70. The van der Waals surface area contributed by atoms with Gasteiger partial charge in [-0.25, -0.2) is 4.79 Å². The molecule has 22 heavy (non-hydrogen) atoms. The van der Waals surface area contributed by atoms with Crippen LogP contribution in [0.4, 0.5) is 0 Å². The molecule has 1 aromatic heterocycles. The summed E-state index contributed by atoms with van der Waals surface area (Å²) in [6.45, 7) is 3.35. The summed E-state index contributed by atoms with van der Waals surface area (Å²) in [7, 11) is 0. The minimum absolute atomic E-state index is 0.0435. The van der Waals surface area contributed by atoms with Crippen molar-refractivity contribution in [1.29, 1.82) is 5.26 Å². The van der Waals surface area contributed by atoms with Crippen LogP contribution in [0.25, 0.3) is 5.69 Å². The second-order valence-corrected chi connectivity index (χ2v) is 5.29. The van der Waals surface area contributed by atoms with Crippen LogP contribution in [0.2, 0.25) is 0 Å². The highest BCUT2D eigenvalue weighted by Gasteiger charge is 2.21. The van der Waals surface area contributed by atoms with Crippen LogP contribution in [0.15, 0.2) is 33.5 Å². The first-order valence-electron chi connectivity index (χ1n) is 6.46. The summed E-state index contributed by atoms with van der Waals surface area (Å²) in [5.74, 6) is -0.666. The number of halogens is 1. The molecule has 0 atom stereocenters. The van der Waals surface area contributed by atoms with Gasteiger partial charge in [0.25, 0.3) is 5.56 Å². The van der Waals surface area contributed by atoms with Crippen LogP contribution in [0.5, 0.6) is 0 Å². The second-order valence-electron chi connectivity index (χ2n) is 4.38. The van der Waals surface area contributed by atoms with Gasteiger partial charge >= 0.3 is 5.97 Å². The summed E-state index contributed by atoms with van der Waals surface area (Å²) in [5.41, 5.74) is -0.0826. The first-order valence-corrected chi connectivity index (χ1v) is 7.26. The Morgan fingerprint density at radius 1 is 1.50 bits per heavy atom. The number of esters is 1. The Morgan fingerprint density at radius 2 is 2.23 bits per heavy atom. The van der Waals surface area contributed by atoms with Crippen LogP contribution in [0, 0.1) is 18.3 Å². The van der Waals surface area contributed by atoms with Gasteiger partial charge in [0, 0.05) is 10.0 Å². The number of rotatable bonds is 3. The molecule has 0 aliphatic carbocycles. The molecule has 0 bridgehead atoms. The van der Waals surface area contributed by atoms with Crippen LogP contribution in [0.3, 0.4) is 0 Å². The van der Waals surface area contributed by atoms with E-state index in [9.17, 15) is 14.9 Å². The van der Waals surface area contributed by atoms with Gasteiger partial charge in [-0.2, -0.15) is 15.0 Å². The summed E-state index contributed by atoms with van der Waals surface area (Å²) >= 11 is 3.31. The third-order valence-electron chi connectivity index (χ3n) is 2.97. The van der Waals surface area contributed by atoms with Crippen molar-refractivity contribution in [1.82, 2.24) is 9.78 Å². The minimum Gasteiger partial charge on any atom is -0.461 e. The standard InChI is InChI=1S/C15H12BrN3O3/c1-3-22-15(21)13-9(2)12(8-17)14(20)19(18-13)11-6-4-5-10(16)7-11/h4-7H,3H2,1-2H3. The van der Waals surface area contributed by atoms with E-state index in [0.717, 1.165) is 9.15 Å². The fourth-order valence-electron chi connectivity index (χ4n) is 1.91. The molecule has 0 N–H and O–H groups in total. The number of nitrogens with zero attached hydrogens (tertiary/aromatic N) is 3. The largest absolute Gasteiger partial charge is 0.461 e. The van der Waals surface area contributed by atoms with E-state index in [1.807, 2.05) is 6.07 Å². The van der Waals surface area contributed by atoms with Gasteiger partial charge in [-0.1, -0.05) is 22.0 Å². The molecule has 0 unspecified atom stereocenters. The molecule has 0 spiro atoms. The second kappa shape index (κ2) is 6.54. The monoisotopic (exact) mass is 361 g/mol. The molecule has 0 aliphatic heterocycles. The first kappa shape index (κ1) is 15.9. The van der Waals surface area contributed by atoms with Crippen molar-refractivity contribution in [3.8, 4) is 11.8 Å². The van der Waals surface area contributed by atoms with E-state index < -0.39 is 11.5 Å². The Bertz CT molecular complexity index is 837. The highest BCUT2D eigenvalue weighted by molar-refractivity contribution is 9.10. The van der Waals surface area contributed by atoms with Crippen LogP contribution in [0.1, 0.15) is 28.5 Å². The Morgan fingerprint density at radius 3 is 2.82 bits per heavy atom. The fourth-order valence-corrected chi connectivity index (χ4v) is 2.30. The summed E-state index contributed by atoms with van der Waals surface area (Å²) in [6.07, 6.45) is 0. The maximum absolute atomic E-state index is 12.4. The van der Waals surface area contributed by atoms with Crippen molar-refractivity contribution in [3.63, 3.8) is 0 Å². The fraction of sp³-hybridized carbons (Fsp3) is 0.200. The Labute approximate surface area is 135 Å². The third-order valence-corrected chi connectivity index (χ3v) is 3.46. The highest BCUT2D eigenvalue weighted by atomic mass is 79.9. The number of carbonyl (C=O) groups is 1. The molecule has 0 saturated heterocycles. The van der Waals surface area contributed by atoms with E-state index in [-0.39, 0.29) is 23.4 Å². The first-order chi connectivity index (χ1) is 10.5. The number of benzene rings is 1. The van der Waals surface area contributed by atoms with E-state index in [1.165, 1.54) is 6.92 Å². The average molecular weight is 362 g/mol. The van der Waals surface area contributed by atoms with Gasteiger partial charge in [0.2, 0.25) is 0 Å². The van der Waals surface area contributed by atoms with Crippen LogP contribution >= 0.6 is 15.9 Å². The molecular weight excluding hydrogens is 350 g/mol. The van der Waals surface area contributed by atoms with Crippen molar-refractivity contribution < 1.29 is 9.53 Å². The zero-order valence-electron chi connectivity index (χ0n) is 12.0. The van der Waals surface area contributed by atoms with Crippen molar-refractivity contribution in [2.45, 2.75) is 13.8 Å². The van der Waals surface area contributed by atoms with Gasteiger partial charge in [-0.05, 0) is 32.0 Å². The maximum Gasteiger partial charge on any atom is 0.359 e. The van der Waals surface area contributed by atoms with Crippen LogP contribution < -0.4 is 5.56 Å². The Balaban J connectivity index is 2.75. The van der Waals surface area contributed by atoms with Gasteiger partial charge < -0.3 is 4.74 Å². The zero-order chi connectivity index (χ0) is 16.3. The predicted molar refractivity (Wildman–Crippen MR) is 82.9 cm³/mol. The molecule has 112 valence electrons. The number of aromatic nitrogens is 2. The Hall–Kier alpha value is -2.46. The maximum atomic E-state index is 12.4. The number of nitriles is 1. The average Bonchev–Trinajstić information content (AvgIpc) is 2.48. The molecular formula is C15H12BrN3O3. The molecule has 0 fully saturated rings. The summed E-state index contributed by atoms with van der Waals surface area (Å²) in [6, 6.07) is 8.67. The van der Waals surface area contributed by atoms with E-state index in [0.29, 0.717) is 5.69 Å². The minimum atomic E-state index is -0.666. The predicted octanol–water partition coefficient (Wildman–Crippen LogP) is 2.35.